The Morgan fingerprint density at radius 3 is 2.41 bits per heavy atom. The van der Waals surface area contributed by atoms with E-state index in [1.165, 1.54) is 6.07 Å². The van der Waals surface area contributed by atoms with Crippen LogP contribution in [0.5, 0.6) is 5.75 Å². The Morgan fingerprint density at radius 2 is 1.65 bits per heavy atom. The summed E-state index contributed by atoms with van der Waals surface area (Å²) < 4.78 is 1.95. The van der Waals surface area contributed by atoms with Gasteiger partial charge in [-0.2, -0.15) is 0 Å². The Kier molecular flexibility index (Phi) is 7.02. The number of nitrogens with one attached hydrogen (secondary N) is 2. The zero-order valence-corrected chi connectivity index (χ0v) is 24.1. The van der Waals surface area contributed by atoms with Gasteiger partial charge in [0.25, 0.3) is 16.8 Å². The zero-order valence-electron chi connectivity index (χ0n) is 24.1. The molecule has 0 spiro atoms. The summed E-state index contributed by atoms with van der Waals surface area (Å²) in [5.74, 6) is -0.00268. The molecule has 4 aromatic carbocycles. The van der Waals surface area contributed by atoms with E-state index in [1.54, 1.807) is 24.4 Å². The first kappa shape index (κ1) is 28.2. The van der Waals surface area contributed by atoms with Crippen molar-refractivity contribution >= 4 is 34.3 Å². The molecule has 3 aromatic heterocycles. The molecule has 5 N–H and O–H groups in total. The first-order chi connectivity index (χ1) is 22.4. The molecule has 46 heavy (non-hydrogen) atoms. The lowest BCUT2D eigenvalue weighted by molar-refractivity contribution is 0.0951. The van der Waals surface area contributed by atoms with E-state index in [2.05, 4.69) is 15.6 Å². The Balaban J connectivity index is 1.15. The van der Waals surface area contributed by atoms with Crippen LogP contribution >= 0.6 is 0 Å². The summed E-state index contributed by atoms with van der Waals surface area (Å²) in [6.45, 7) is 0.249. The second-order valence-electron chi connectivity index (χ2n) is 10.5. The van der Waals surface area contributed by atoms with Crippen molar-refractivity contribution in [2.75, 3.05) is 11.1 Å². The van der Waals surface area contributed by atoms with E-state index in [9.17, 15) is 19.5 Å². The first-order valence-corrected chi connectivity index (χ1v) is 14.3. The van der Waals surface area contributed by atoms with Crippen molar-refractivity contribution in [2.45, 2.75) is 6.54 Å². The highest BCUT2D eigenvalue weighted by Gasteiger charge is 2.21. The quantitative estimate of drug-likeness (QED) is 0.179. The van der Waals surface area contributed by atoms with E-state index in [-0.39, 0.29) is 18.1 Å². The van der Waals surface area contributed by atoms with Gasteiger partial charge in [-0.15, -0.1) is 0 Å². The van der Waals surface area contributed by atoms with E-state index in [1.807, 2.05) is 83.4 Å². The molecule has 11 nitrogen and oxygen atoms in total. The number of carbonyl (C=O) groups is 1. The van der Waals surface area contributed by atoms with Gasteiger partial charge in [0.15, 0.2) is 17.2 Å². The molecular formula is C35H25N7O4. The number of hydrogen-bond acceptors (Lipinski definition) is 9. The Morgan fingerprint density at radius 1 is 0.848 bits per heavy atom. The van der Waals surface area contributed by atoms with Gasteiger partial charge in [0.05, 0.1) is 11.3 Å². The summed E-state index contributed by atoms with van der Waals surface area (Å²) in [5, 5.41) is 15.2. The Labute approximate surface area is 261 Å². The van der Waals surface area contributed by atoms with Crippen molar-refractivity contribution in [3.8, 4) is 34.1 Å². The van der Waals surface area contributed by atoms with Gasteiger partial charge in [0.2, 0.25) is 0 Å². The molecule has 0 atom stereocenters. The number of fused-ring (bicyclic) bond motifs is 1. The van der Waals surface area contributed by atoms with Gasteiger partial charge in [-0.05, 0) is 60.2 Å². The van der Waals surface area contributed by atoms with Crippen molar-refractivity contribution in [3.63, 3.8) is 0 Å². The van der Waals surface area contributed by atoms with Crippen LogP contribution in [0.15, 0.2) is 119 Å². The fourth-order valence-corrected chi connectivity index (χ4v) is 5.18. The number of benzene rings is 3. The van der Waals surface area contributed by atoms with Crippen molar-refractivity contribution in [2.24, 2.45) is 0 Å². The van der Waals surface area contributed by atoms with Gasteiger partial charge in [0, 0.05) is 35.2 Å². The lowest BCUT2D eigenvalue weighted by Gasteiger charge is -2.12. The number of nitrogens with zero attached hydrogens (tertiary/aromatic N) is 4. The molecule has 0 aliphatic carbocycles. The van der Waals surface area contributed by atoms with E-state index < -0.39 is 16.6 Å². The average Bonchev–Trinajstić information content (AvgIpc) is 3.48. The number of nitrogen functional groups attached to an aromatic ring is 1. The fourth-order valence-electron chi connectivity index (χ4n) is 5.18. The molecule has 0 saturated carbocycles. The maximum Gasteiger partial charge on any atom is 0.271 e. The Hall–Kier alpha value is -6.62. The maximum absolute atomic E-state index is 12.9. The summed E-state index contributed by atoms with van der Waals surface area (Å²) in [6.07, 6.45) is 1.63. The summed E-state index contributed by atoms with van der Waals surface area (Å²) >= 11 is 0. The van der Waals surface area contributed by atoms with E-state index in [0.29, 0.717) is 39.6 Å². The molecule has 7 aromatic rings. The minimum Gasteiger partial charge on any atom is -0.502 e. The molecule has 3 heterocycles. The van der Waals surface area contributed by atoms with Crippen LogP contribution in [0.25, 0.3) is 39.5 Å². The molecule has 11 heteroatoms. The smallest absolute Gasteiger partial charge is 0.271 e. The highest BCUT2D eigenvalue weighted by Crippen LogP contribution is 2.32. The maximum atomic E-state index is 12.9. The van der Waals surface area contributed by atoms with E-state index in [4.69, 9.17) is 15.7 Å². The van der Waals surface area contributed by atoms with Crippen molar-refractivity contribution < 1.29 is 9.90 Å². The van der Waals surface area contributed by atoms with Gasteiger partial charge < -0.3 is 21.5 Å². The standard InChI is InChI=1S/C35H25N7O4/c36-32-25(10-5-17-37-32)33-41-27-16-15-26(21-6-2-1-3-7-21)40-34(27)42(33)24-13-11-20(12-14-24)19-38-35(46)22-8-4-9-23(18-22)39-28-29(43)31(45)30(28)44/h1-18,39,43H,19H2,(H2,36,37)(H,38,46). The minimum atomic E-state index is -0.936. The number of pyridine rings is 2. The highest BCUT2D eigenvalue weighted by atomic mass is 16.3. The first-order valence-electron chi connectivity index (χ1n) is 14.3. The molecule has 0 unspecified atom stereocenters. The largest absolute Gasteiger partial charge is 0.502 e. The van der Waals surface area contributed by atoms with Crippen LogP contribution in [-0.4, -0.2) is 30.5 Å². The molecule has 0 aliphatic heterocycles. The summed E-state index contributed by atoms with van der Waals surface area (Å²) in [7, 11) is 0. The second-order valence-corrected chi connectivity index (χ2v) is 10.5. The normalized spacial score (nSPS) is 11.1. The van der Waals surface area contributed by atoms with Crippen LogP contribution in [0.2, 0.25) is 0 Å². The van der Waals surface area contributed by atoms with Gasteiger partial charge in [-0.3, -0.25) is 19.0 Å². The molecule has 0 saturated heterocycles. The van der Waals surface area contributed by atoms with Crippen LogP contribution < -0.4 is 27.2 Å². The van der Waals surface area contributed by atoms with Crippen LogP contribution in [0, 0.1) is 0 Å². The van der Waals surface area contributed by atoms with Crippen molar-refractivity contribution in [1.82, 2.24) is 24.8 Å². The van der Waals surface area contributed by atoms with Crippen LogP contribution in [-0.2, 0) is 6.54 Å². The van der Waals surface area contributed by atoms with Gasteiger partial charge in [-0.25, -0.2) is 15.0 Å². The van der Waals surface area contributed by atoms with Gasteiger partial charge in [0.1, 0.15) is 17.0 Å². The van der Waals surface area contributed by atoms with Crippen LogP contribution in [0.4, 0.5) is 17.2 Å². The summed E-state index contributed by atoms with van der Waals surface area (Å²) in [5.41, 5.74) is 10.5. The minimum absolute atomic E-state index is 0.186. The third-order valence-corrected chi connectivity index (χ3v) is 7.58. The van der Waals surface area contributed by atoms with Crippen molar-refractivity contribution in [1.29, 1.82) is 0 Å². The third kappa shape index (κ3) is 5.11. The second kappa shape index (κ2) is 11.5. The third-order valence-electron chi connectivity index (χ3n) is 7.58. The number of anilines is 3. The number of aromatic hydroxyl groups is 1. The van der Waals surface area contributed by atoms with Gasteiger partial charge in [-0.1, -0.05) is 48.5 Å². The topological polar surface area (TPSA) is 165 Å². The molecule has 0 bridgehead atoms. The van der Waals surface area contributed by atoms with E-state index in [0.717, 1.165) is 22.5 Å². The number of nitrogens with two attached hydrogens (primary N) is 1. The predicted molar refractivity (Wildman–Crippen MR) is 176 cm³/mol. The molecule has 0 radical (unpaired) electrons. The lowest BCUT2D eigenvalue weighted by atomic mass is 10.1. The number of amides is 1. The van der Waals surface area contributed by atoms with Crippen LogP contribution in [0.1, 0.15) is 15.9 Å². The summed E-state index contributed by atoms with van der Waals surface area (Å²) in [6, 6.07) is 31.5. The number of hydrogen-bond donors (Lipinski definition) is 4. The lowest BCUT2D eigenvalue weighted by Crippen LogP contribution is -2.32. The number of rotatable bonds is 8. The number of aromatic nitrogens is 4. The Bertz CT molecular complexity index is 2320. The molecule has 0 aliphatic rings. The predicted octanol–water partition coefficient (Wildman–Crippen LogP) is 4.71. The van der Waals surface area contributed by atoms with Crippen LogP contribution in [0.3, 0.4) is 0 Å². The highest BCUT2D eigenvalue weighted by molar-refractivity contribution is 5.95. The van der Waals surface area contributed by atoms with Crippen molar-refractivity contribution in [3.05, 3.63) is 141 Å². The molecule has 224 valence electrons. The van der Waals surface area contributed by atoms with Gasteiger partial charge >= 0.3 is 0 Å². The zero-order chi connectivity index (χ0) is 31.8. The molecule has 1 amide bonds. The number of imidazole rings is 1. The molecular weight excluding hydrogens is 582 g/mol. The molecule has 0 fully saturated rings. The molecule has 7 rings (SSSR count). The number of carbonyl (C=O) groups excluding carboxylic acids is 1. The fraction of sp³-hybridized carbons (Fsp3) is 0.0286. The SMILES string of the molecule is Nc1ncccc1-c1nc2ccc(-c3ccccc3)nc2n1-c1ccc(CNC(=O)c2cccc(Nc3c(O)c(=O)c3=O)c2)cc1. The monoisotopic (exact) mass is 607 g/mol. The average molecular weight is 608 g/mol. The van der Waals surface area contributed by atoms with E-state index >= 15 is 0 Å². The summed E-state index contributed by atoms with van der Waals surface area (Å²) in [4.78, 5) is 50.0.